The number of nitrogens with zero attached hydrogens (tertiary/aromatic N) is 3. The smallest absolute Gasteiger partial charge is 0.418 e. The number of diazo groups is 1. The lowest BCUT2D eigenvalue weighted by atomic mass is 10.3. The third-order valence-electron chi connectivity index (χ3n) is 0.588. The quantitative estimate of drug-likeness (QED) is 0.379. The molecule has 0 saturated carbocycles. The topological polar surface area (TPSA) is 56.8 Å². The third kappa shape index (κ3) is 8.41. The Morgan fingerprint density at radius 1 is 1.42 bits per heavy atom. The molecule has 0 aliphatic heterocycles. The van der Waals surface area contributed by atoms with Crippen LogP contribution in [-0.4, -0.2) is 17.5 Å². The van der Waals surface area contributed by atoms with E-state index in [9.17, 15) is 17.3 Å². The first-order valence-electron chi connectivity index (χ1n) is 2.65. The summed E-state index contributed by atoms with van der Waals surface area (Å²) < 4.78 is 39.0. The minimum atomic E-state index is -6.00. The van der Waals surface area contributed by atoms with Gasteiger partial charge in [0.1, 0.15) is 0 Å². The molecule has 0 bridgehead atoms. The van der Waals surface area contributed by atoms with E-state index < -0.39 is 7.25 Å². The van der Waals surface area contributed by atoms with Gasteiger partial charge in [0.15, 0.2) is 0 Å². The van der Waals surface area contributed by atoms with Gasteiger partial charge in [-0.25, -0.2) is 0 Å². The monoisotopic (exact) mass is 182 g/mol. The van der Waals surface area contributed by atoms with Crippen LogP contribution < -0.4 is 0 Å². The first-order chi connectivity index (χ1) is 5.43. The van der Waals surface area contributed by atoms with Crippen LogP contribution in [-0.2, 0) is 0 Å². The van der Waals surface area contributed by atoms with Crippen molar-refractivity contribution in [1.82, 2.24) is 10.2 Å². The highest BCUT2D eigenvalue weighted by Gasteiger charge is 2.20. The maximum absolute atomic E-state index is 9.75. The average molecular weight is 182 g/mol. The summed E-state index contributed by atoms with van der Waals surface area (Å²) in [4.78, 5) is 2.79. The van der Waals surface area contributed by atoms with E-state index >= 15 is 0 Å². The molecule has 0 spiro atoms. The van der Waals surface area contributed by atoms with E-state index in [0.717, 1.165) is 0 Å². The Hall–Kier alpha value is -1.59. The number of aromatic amines is 1. The van der Waals surface area contributed by atoms with Gasteiger partial charge >= 0.3 is 13.1 Å². The fourth-order valence-electron chi connectivity index (χ4n) is 0.308. The predicted molar refractivity (Wildman–Crippen MR) is 33.5 cm³/mol. The number of hydrogen-bond acceptors (Lipinski definition) is 2. The summed E-state index contributed by atoms with van der Waals surface area (Å²) in [5, 5.41) is 13.9. The van der Waals surface area contributed by atoms with Gasteiger partial charge in [-0.1, -0.05) is 0 Å². The molecule has 66 valence electrons. The van der Waals surface area contributed by atoms with Gasteiger partial charge in [-0.15, -0.1) is 0 Å². The highest BCUT2D eigenvalue weighted by atomic mass is 19.5. The first kappa shape index (κ1) is 10.4. The minimum Gasteiger partial charge on any atom is -0.418 e. The summed E-state index contributed by atoms with van der Waals surface area (Å²) in [7, 11) is -6.00. The van der Waals surface area contributed by atoms with E-state index in [0.29, 0.717) is 5.82 Å². The second kappa shape index (κ2) is 4.33. The van der Waals surface area contributed by atoms with E-state index in [2.05, 4.69) is 15.2 Å². The number of aromatic nitrogens is 2. The Morgan fingerprint density at radius 3 is 2.08 bits per heavy atom. The zero-order chi connectivity index (χ0) is 9.61. The molecule has 0 aromatic carbocycles. The molecule has 12 heavy (non-hydrogen) atoms. The summed E-state index contributed by atoms with van der Waals surface area (Å²) in [5.41, 5.74) is 0. The lowest BCUT2D eigenvalue weighted by Gasteiger charge is -1.94. The van der Waals surface area contributed by atoms with Gasteiger partial charge in [0.2, 0.25) is 0 Å². The van der Waals surface area contributed by atoms with Crippen molar-refractivity contribution in [3.8, 4) is 0 Å². The second-order valence-electron chi connectivity index (χ2n) is 1.53. The van der Waals surface area contributed by atoms with Crippen molar-refractivity contribution in [3.05, 3.63) is 17.2 Å². The average Bonchev–Trinajstić information content (AvgIpc) is 2.33. The number of rotatable bonds is 0. The van der Waals surface area contributed by atoms with Gasteiger partial charge in [0.05, 0.1) is 22.8 Å². The van der Waals surface area contributed by atoms with Crippen LogP contribution in [0.4, 0.5) is 23.1 Å². The molecule has 0 amide bonds. The van der Waals surface area contributed by atoms with Gasteiger partial charge in [-0.05, 0) is 0 Å². The van der Waals surface area contributed by atoms with Crippen LogP contribution in [0, 0.1) is 5.39 Å². The molecule has 0 saturated heterocycles. The molecule has 0 aliphatic carbocycles. The van der Waals surface area contributed by atoms with Crippen LogP contribution in [0.2, 0.25) is 0 Å². The molecule has 1 heterocycles. The summed E-state index contributed by atoms with van der Waals surface area (Å²) in [5.74, 6) is 0.306. The minimum absolute atomic E-state index is 0.306. The Morgan fingerprint density at radius 2 is 1.92 bits per heavy atom. The SMILES string of the molecule is F[B-](F)(F)F.N#[N+]c1cc[nH]n1. The molecule has 4 nitrogen and oxygen atoms in total. The molecule has 1 N–H and O–H groups in total. The van der Waals surface area contributed by atoms with Crippen molar-refractivity contribution in [2.75, 3.05) is 0 Å². The second-order valence-corrected chi connectivity index (χ2v) is 1.53. The molecule has 0 atom stereocenters. The van der Waals surface area contributed by atoms with Crippen LogP contribution in [0.5, 0.6) is 0 Å². The van der Waals surface area contributed by atoms with Crippen LogP contribution >= 0.6 is 0 Å². The Labute approximate surface area is 64.3 Å². The first-order valence-corrected chi connectivity index (χ1v) is 2.65. The molecule has 0 unspecified atom stereocenters. The zero-order valence-electron chi connectivity index (χ0n) is 5.59. The summed E-state index contributed by atoms with van der Waals surface area (Å²) in [6.45, 7) is 0. The van der Waals surface area contributed by atoms with Gasteiger partial charge in [-0.3, -0.25) is 0 Å². The van der Waals surface area contributed by atoms with Crippen molar-refractivity contribution in [2.45, 2.75) is 0 Å². The Bertz CT molecular complexity index is 242. The third-order valence-corrected chi connectivity index (χ3v) is 0.588. The molecule has 1 aromatic heterocycles. The van der Waals surface area contributed by atoms with Crippen molar-refractivity contribution in [1.29, 1.82) is 5.39 Å². The normalized spacial score (nSPS) is 9.58. The molecule has 0 aliphatic rings. The molecule has 1 aromatic rings. The highest BCUT2D eigenvalue weighted by Crippen LogP contribution is 2.06. The Balaban J connectivity index is 0.000000217. The van der Waals surface area contributed by atoms with Crippen LogP contribution in [0.3, 0.4) is 0 Å². The van der Waals surface area contributed by atoms with E-state index in [-0.39, 0.29) is 0 Å². The van der Waals surface area contributed by atoms with Crippen molar-refractivity contribution >= 4 is 13.1 Å². The standard InChI is InChI=1S/C3H3N4.BF4/c4-6-3-1-2-5-7-3;2-1(3,4)5/h1-2H,(H,5,7);/q+1;-1. The number of hydrogen-bond donors (Lipinski definition) is 1. The fraction of sp³-hybridized carbons (Fsp3) is 0. The van der Waals surface area contributed by atoms with Crippen molar-refractivity contribution < 1.29 is 17.3 Å². The molecule has 0 radical (unpaired) electrons. The van der Waals surface area contributed by atoms with Gasteiger partial charge in [0.25, 0.3) is 0 Å². The number of halogens is 4. The number of nitrogens with one attached hydrogen (secondary N) is 1. The van der Waals surface area contributed by atoms with E-state index in [1.165, 1.54) is 0 Å². The molecular formula is C3H3BF4N4. The highest BCUT2D eigenvalue weighted by molar-refractivity contribution is 6.50. The molecule has 9 heteroatoms. The van der Waals surface area contributed by atoms with E-state index in [1.807, 2.05) is 0 Å². The predicted octanol–water partition coefficient (Wildman–Crippen LogP) is 2.19. The van der Waals surface area contributed by atoms with Crippen LogP contribution in [0.15, 0.2) is 12.3 Å². The molecular weight excluding hydrogens is 179 g/mol. The van der Waals surface area contributed by atoms with E-state index in [4.69, 9.17) is 5.39 Å². The maximum atomic E-state index is 9.75. The lowest BCUT2D eigenvalue weighted by molar-refractivity contribution is 0.368. The lowest BCUT2D eigenvalue weighted by Crippen LogP contribution is -2.02. The van der Waals surface area contributed by atoms with Gasteiger partial charge in [-0.2, -0.15) is 5.10 Å². The number of H-pyrrole nitrogens is 1. The summed E-state index contributed by atoms with van der Waals surface area (Å²) in [6.07, 6.45) is 1.58. The molecule has 0 fully saturated rings. The van der Waals surface area contributed by atoms with Crippen molar-refractivity contribution in [2.24, 2.45) is 0 Å². The zero-order valence-corrected chi connectivity index (χ0v) is 5.59. The van der Waals surface area contributed by atoms with Crippen LogP contribution in [0.25, 0.3) is 4.98 Å². The Kier molecular flexibility index (Phi) is 3.75. The van der Waals surface area contributed by atoms with Crippen molar-refractivity contribution in [3.63, 3.8) is 0 Å². The summed E-state index contributed by atoms with van der Waals surface area (Å²) >= 11 is 0. The fourth-order valence-corrected chi connectivity index (χ4v) is 0.308. The van der Waals surface area contributed by atoms with E-state index in [1.54, 1.807) is 12.3 Å². The maximum Gasteiger partial charge on any atom is 0.673 e. The van der Waals surface area contributed by atoms with Gasteiger partial charge < -0.3 is 17.3 Å². The van der Waals surface area contributed by atoms with Gasteiger partial charge in [0, 0.05) is 4.98 Å². The summed E-state index contributed by atoms with van der Waals surface area (Å²) in [6, 6.07) is 1.56. The molecule has 1 rings (SSSR count). The van der Waals surface area contributed by atoms with Crippen LogP contribution in [0.1, 0.15) is 0 Å². The largest absolute Gasteiger partial charge is 0.673 e.